The van der Waals surface area contributed by atoms with Crippen LogP contribution in [0, 0.1) is 11.6 Å². The van der Waals surface area contributed by atoms with E-state index < -0.39 is 22.6 Å². The standard InChI is InChI=1S/C8H9F2NO2S/c9-6-1-2-8(7(10)5-6)14(13)11-3-4-12/h1-2,5,11-12H,3-4H2. The Kier molecular flexibility index (Phi) is 4.12. The number of hydrogen-bond acceptors (Lipinski definition) is 2. The number of aliphatic hydroxyl groups excluding tert-OH is 1. The zero-order chi connectivity index (χ0) is 10.6. The van der Waals surface area contributed by atoms with E-state index in [2.05, 4.69) is 4.72 Å². The molecule has 0 heterocycles. The summed E-state index contributed by atoms with van der Waals surface area (Å²) in [5.74, 6) is -1.58. The molecule has 0 amide bonds. The highest BCUT2D eigenvalue weighted by Gasteiger charge is 2.09. The van der Waals surface area contributed by atoms with E-state index in [1.165, 1.54) is 0 Å². The molecule has 0 saturated carbocycles. The Balaban J connectivity index is 2.80. The second-order valence-corrected chi connectivity index (χ2v) is 3.73. The van der Waals surface area contributed by atoms with Gasteiger partial charge in [0.2, 0.25) is 0 Å². The van der Waals surface area contributed by atoms with Crippen LogP contribution in [0.5, 0.6) is 0 Å². The van der Waals surface area contributed by atoms with E-state index >= 15 is 0 Å². The molecule has 6 heteroatoms. The summed E-state index contributed by atoms with van der Waals surface area (Å²) < 4.78 is 39.1. The molecular formula is C8H9F2NO2S. The highest BCUT2D eigenvalue weighted by molar-refractivity contribution is 7.83. The molecule has 1 unspecified atom stereocenters. The van der Waals surface area contributed by atoms with E-state index in [9.17, 15) is 13.0 Å². The summed E-state index contributed by atoms with van der Waals surface area (Å²) in [6.07, 6.45) is 0. The first-order valence-corrected chi connectivity index (χ1v) is 5.01. The molecule has 0 saturated heterocycles. The quantitative estimate of drug-likeness (QED) is 0.781. The van der Waals surface area contributed by atoms with Crippen LogP contribution in [-0.2, 0) is 11.0 Å². The lowest BCUT2D eigenvalue weighted by atomic mass is 10.3. The van der Waals surface area contributed by atoms with Crippen molar-refractivity contribution in [1.29, 1.82) is 0 Å². The first kappa shape index (κ1) is 11.2. The Morgan fingerprint density at radius 3 is 2.71 bits per heavy atom. The molecule has 0 aliphatic carbocycles. The molecule has 0 radical (unpaired) electrons. The van der Waals surface area contributed by atoms with Crippen LogP contribution in [0.3, 0.4) is 0 Å². The van der Waals surface area contributed by atoms with Gasteiger partial charge in [0.15, 0.2) is 0 Å². The molecule has 1 aromatic rings. The maximum Gasteiger partial charge on any atom is 0.143 e. The van der Waals surface area contributed by atoms with Gasteiger partial charge in [-0.05, 0) is 12.1 Å². The maximum absolute atomic E-state index is 13.0. The van der Waals surface area contributed by atoms with Crippen molar-refractivity contribution < 1.29 is 18.1 Å². The summed E-state index contributed by atoms with van der Waals surface area (Å²) in [7, 11) is -1.75. The van der Waals surface area contributed by atoms with Crippen LogP contribution >= 0.6 is 0 Å². The normalized spacial score (nSPS) is 12.8. The average molecular weight is 221 g/mol. The lowest BCUT2D eigenvalue weighted by Gasteiger charge is -2.03. The van der Waals surface area contributed by atoms with Crippen molar-refractivity contribution in [3.8, 4) is 0 Å². The van der Waals surface area contributed by atoms with E-state index in [1.807, 2.05) is 0 Å². The number of halogens is 2. The summed E-state index contributed by atoms with van der Waals surface area (Å²) in [5.41, 5.74) is 0. The summed E-state index contributed by atoms with van der Waals surface area (Å²) >= 11 is 0. The third kappa shape index (κ3) is 2.83. The third-order valence-corrected chi connectivity index (χ3v) is 2.64. The lowest BCUT2D eigenvalue weighted by Crippen LogP contribution is -2.21. The molecule has 2 N–H and O–H groups in total. The third-order valence-electron chi connectivity index (χ3n) is 1.44. The van der Waals surface area contributed by atoms with Crippen LogP contribution in [0.2, 0.25) is 0 Å². The number of rotatable bonds is 4. The van der Waals surface area contributed by atoms with Crippen LogP contribution in [0.4, 0.5) is 8.78 Å². The van der Waals surface area contributed by atoms with Crippen LogP contribution in [0.25, 0.3) is 0 Å². The number of hydrogen-bond donors (Lipinski definition) is 2. The maximum atomic E-state index is 13.0. The van der Waals surface area contributed by atoms with Gasteiger partial charge in [-0.25, -0.2) is 17.7 Å². The highest BCUT2D eigenvalue weighted by atomic mass is 32.2. The average Bonchev–Trinajstić information content (AvgIpc) is 2.14. The summed E-state index contributed by atoms with van der Waals surface area (Å²) in [4.78, 5) is -0.125. The SMILES string of the molecule is O=S(NCCO)c1ccc(F)cc1F. The monoisotopic (exact) mass is 221 g/mol. The predicted octanol–water partition coefficient (Wildman–Crippen LogP) is 0.569. The van der Waals surface area contributed by atoms with Gasteiger partial charge in [0.25, 0.3) is 0 Å². The van der Waals surface area contributed by atoms with Crippen molar-refractivity contribution in [2.75, 3.05) is 13.2 Å². The van der Waals surface area contributed by atoms with E-state index in [-0.39, 0.29) is 18.0 Å². The van der Waals surface area contributed by atoms with Crippen LogP contribution in [0.1, 0.15) is 0 Å². The fraction of sp³-hybridized carbons (Fsp3) is 0.250. The van der Waals surface area contributed by atoms with Crippen LogP contribution in [-0.4, -0.2) is 22.5 Å². The zero-order valence-electron chi connectivity index (χ0n) is 7.17. The lowest BCUT2D eigenvalue weighted by molar-refractivity contribution is 0.302. The topological polar surface area (TPSA) is 49.3 Å². The summed E-state index contributed by atoms with van der Waals surface area (Å²) in [6.45, 7) is -0.113. The minimum absolute atomic E-state index is 0.0867. The molecule has 3 nitrogen and oxygen atoms in total. The first-order valence-electron chi connectivity index (χ1n) is 3.86. The molecule has 14 heavy (non-hydrogen) atoms. The van der Waals surface area contributed by atoms with Gasteiger partial charge in [0, 0.05) is 12.6 Å². The van der Waals surface area contributed by atoms with Gasteiger partial charge in [0.05, 0.1) is 11.5 Å². The van der Waals surface area contributed by atoms with Crippen molar-refractivity contribution >= 4 is 11.0 Å². The Labute approximate surface area is 82.3 Å². The molecule has 0 bridgehead atoms. The molecule has 0 aliphatic heterocycles. The Hall–Kier alpha value is -0.850. The molecule has 1 atom stereocenters. The summed E-state index contributed by atoms with van der Waals surface area (Å²) in [6, 6.07) is 2.79. The van der Waals surface area contributed by atoms with Crippen LogP contribution in [0.15, 0.2) is 23.1 Å². The van der Waals surface area contributed by atoms with Crippen molar-refractivity contribution in [1.82, 2.24) is 4.72 Å². The van der Waals surface area contributed by atoms with Gasteiger partial charge in [-0.1, -0.05) is 0 Å². The Morgan fingerprint density at radius 1 is 1.43 bits per heavy atom. The van der Waals surface area contributed by atoms with Gasteiger partial charge in [-0.15, -0.1) is 0 Å². The molecule has 78 valence electrons. The van der Waals surface area contributed by atoms with E-state index in [1.54, 1.807) is 0 Å². The van der Waals surface area contributed by atoms with Crippen LogP contribution < -0.4 is 4.72 Å². The number of benzene rings is 1. The molecule has 1 aromatic carbocycles. The molecule has 1 rings (SSSR count). The van der Waals surface area contributed by atoms with E-state index in [4.69, 9.17) is 5.11 Å². The second kappa shape index (κ2) is 5.14. The largest absolute Gasteiger partial charge is 0.395 e. The molecule has 0 fully saturated rings. The predicted molar refractivity (Wildman–Crippen MR) is 47.9 cm³/mol. The van der Waals surface area contributed by atoms with Gasteiger partial charge in [-0.2, -0.15) is 0 Å². The van der Waals surface area contributed by atoms with E-state index in [0.29, 0.717) is 6.07 Å². The number of aliphatic hydroxyl groups is 1. The Bertz CT molecular complexity index is 346. The Morgan fingerprint density at radius 2 is 2.14 bits per heavy atom. The minimum Gasteiger partial charge on any atom is -0.395 e. The van der Waals surface area contributed by atoms with Crippen molar-refractivity contribution in [3.63, 3.8) is 0 Å². The first-order chi connectivity index (χ1) is 6.65. The fourth-order valence-electron chi connectivity index (χ4n) is 0.842. The van der Waals surface area contributed by atoms with Crippen molar-refractivity contribution in [3.05, 3.63) is 29.8 Å². The second-order valence-electron chi connectivity index (χ2n) is 2.46. The molecular weight excluding hydrogens is 212 g/mol. The molecule has 0 spiro atoms. The number of nitrogens with one attached hydrogen (secondary N) is 1. The highest BCUT2D eigenvalue weighted by Crippen LogP contribution is 2.12. The fourth-order valence-corrected chi connectivity index (χ4v) is 1.70. The van der Waals surface area contributed by atoms with Gasteiger partial charge >= 0.3 is 0 Å². The molecule has 0 aromatic heterocycles. The van der Waals surface area contributed by atoms with Crippen molar-refractivity contribution in [2.45, 2.75) is 4.90 Å². The van der Waals surface area contributed by atoms with Crippen molar-refractivity contribution in [2.24, 2.45) is 0 Å². The smallest absolute Gasteiger partial charge is 0.143 e. The van der Waals surface area contributed by atoms with Gasteiger partial charge in [0.1, 0.15) is 22.6 Å². The molecule has 0 aliphatic rings. The van der Waals surface area contributed by atoms with Gasteiger partial charge < -0.3 is 5.11 Å². The van der Waals surface area contributed by atoms with E-state index in [0.717, 1.165) is 12.1 Å². The summed E-state index contributed by atoms with van der Waals surface area (Å²) in [5, 5.41) is 8.42. The minimum atomic E-state index is -1.75. The van der Waals surface area contributed by atoms with Gasteiger partial charge in [-0.3, -0.25) is 0 Å². The zero-order valence-corrected chi connectivity index (χ0v) is 7.98.